The summed E-state index contributed by atoms with van der Waals surface area (Å²) in [4.78, 5) is 23.8. The van der Waals surface area contributed by atoms with Crippen molar-refractivity contribution in [3.63, 3.8) is 0 Å². The molecule has 2 saturated carbocycles. The van der Waals surface area contributed by atoms with Gasteiger partial charge in [-0.3, -0.25) is 4.79 Å². The van der Waals surface area contributed by atoms with E-state index in [0.29, 0.717) is 37.0 Å². The van der Waals surface area contributed by atoms with Crippen LogP contribution in [-0.2, 0) is 22.7 Å². The molecule has 128 valence electrons. The number of hydrogen-bond acceptors (Lipinski definition) is 5. The maximum absolute atomic E-state index is 12.4. The van der Waals surface area contributed by atoms with Gasteiger partial charge in [0, 0.05) is 42.7 Å². The van der Waals surface area contributed by atoms with E-state index >= 15 is 0 Å². The number of ether oxygens (including phenoxy) is 1. The molecule has 6 nitrogen and oxygen atoms in total. The summed E-state index contributed by atoms with van der Waals surface area (Å²) in [7, 11) is 0. The molecule has 0 spiro atoms. The molecule has 0 radical (unpaired) electrons. The fourth-order valence-corrected chi connectivity index (χ4v) is 4.81. The van der Waals surface area contributed by atoms with Gasteiger partial charge in [0.2, 0.25) is 11.9 Å². The van der Waals surface area contributed by atoms with E-state index in [1.165, 1.54) is 12.8 Å². The van der Waals surface area contributed by atoms with Crippen LogP contribution in [-0.4, -0.2) is 35.0 Å². The van der Waals surface area contributed by atoms with Gasteiger partial charge >= 0.3 is 0 Å². The third kappa shape index (κ3) is 2.39. The summed E-state index contributed by atoms with van der Waals surface area (Å²) < 4.78 is 5.43. The van der Waals surface area contributed by atoms with Crippen LogP contribution in [0.4, 0.5) is 5.95 Å². The van der Waals surface area contributed by atoms with E-state index in [-0.39, 0.29) is 5.92 Å². The Kier molecular flexibility index (Phi) is 3.47. The number of carbonyl (C=O) groups excluding carboxylic acids is 1. The minimum atomic E-state index is 0.265. The standard InChI is InChI=1S/C18H24N4O2/c23-17(11-3-1-2-4-11)20-15-5-12-7-22(8-14(12)15)18-19-6-13-9-24-10-16(13)21-18/h6,11-12,14-15H,1-5,7-10H2,(H,20,23). The minimum absolute atomic E-state index is 0.265. The lowest BCUT2D eigenvalue weighted by Gasteiger charge is -2.40. The molecule has 3 heterocycles. The average Bonchev–Trinajstić information content (AvgIpc) is 3.31. The van der Waals surface area contributed by atoms with Gasteiger partial charge in [-0.2, -0.15) is 0 Å². The molecular weight excluding hydrogens is 304 g/mol. The Morgan fingerprint density at radius 2 is 2.12 bits per heavy atom. The van der Waals surface area contributed by atoms with E-state index < -0.39 is 0 Å². The van der Waals surface area contributed by atoms with Gasteiger partial charge in [-0.1, -0.05) is 12.8 Å². The van der Waals surface area contributed by atoms with Crippen molar-refractivity contribution >= 4 is 11.9 Å². The number of anilines is 1. The largest absolute Gasteiger partial charge is 0.370 e. The highest BCUT2D eigenvalue weighted by molar-refractivity contribution is 5.79. The molecule has 0 bridgehead atoms. The van der Waals surface area contributed by atoms with Crippen molar-refractivity contribution in [1.82, 2.24) is 15.3 Å². The summed E-state index contributed by atoms with van der Waals surface area (Å²) in [6, 6.07) is 0.353. The van der Waals surface area contributed by atoms with Crippen molar-refractivity contribution in [1.29, 1.82) is 0 Å². The molecule has 4 aliphatic rings. The summed E-state index contributed by atoms with van der Waals surface area (Å²) in [5.41, 5.74) is 2.15. The molecule has 3 atom stereocenters. The van der Waals surface area contributed by atoms with Crippen molar-refractivity contribution in [3.8, 4) is 0 Å². The van der Waals surface area contributed by atoms with Crippen LogP contribution in [0.2, 0.25) is 0 Å². The Labute approximate surface area is 142 Å². The van der Waals surface area contributed by atoms with Crippen LogP contribution >= 0.6 is 0 Å². The fourth-order valence-electron chi connectivity index (χ4n) is 4.81. The zero-order valence-corrected chi connectivity index (χ0v) is 13.9. The van der Waals surface area contributed by atoms with Crippen molar-refractivity contribution in [3.05, 3.63) is 17.5 Å². The van der Waals surface area contributed by atoms with Gasteiger partial charge in [-0.25, -0.2) is 9.97 Å². The summed E-state index contributed by atoms with van der Waals surface area (Å²) in [5, 5.41) is 3.32. The number of carbonyl (C=O) groups is 1. The zero-order chi connectivity index (χ0) is 16.1. The number of hydrogen-bond donors (Lipinski definition) is 1. The fraction of sp³-hybridized carbons (Fsp3) is 0.722. The van der Waals surface area contributed by atoms with Crippen LogP contribution < -0.4 is 10.2 Å². The van der Waals surface area contributed by atoms with E-state index in [2.05, 4.69) is 20.2 Å². The number of aromatic nitrogens is 2. The van der Waals surface area contributed by atoms with Crippen LogP contribution in [0.15, 0.2) is 6.20 Å². The molecule has 24 heavy (non-hydrogen) atoms. The van der Waals surface area contributed by atoms with E-state index in [1.807, 2.05) is 6.20 Å². The normalized spacial score (nSPS) is 31.7. The lowest BCUT2D eigenvalue weighted by molar-refractivity contribution is -0.127. The van der Waals surface area contributed by atoms with Crippen molar-refractivity contribution in [2.45, 2.75) is 51.4 Å². The topological polar surface area (TPSA) is 67.4 Å². The van der Waals surface area contributed by atoms with Gasteiger partial charge in [0.1, 0.15) is 0 Å². The quantitative estimate of drug-likeness (QED) is 0.913. The second-order valence-electron chi connectivity index (χ2n) is 7.80. The van der Waals surface area contributed by atoms with Crippen molar-refractivity contribution < 1.29 is 9.53 Å². The molecule has 1 aromatic heterocycles. The lowest BCUT2D eigenvalue weighted by Crippen LogP contribution is -2.53. The smallest absolute Gasteiger partial charge is 0.225 e. The highest BCUT2D eigenvalue weighted by atomic mass is 16.5. The average molecular weight is 328 g/mol. The molecule has 0 aromatic carbocycles. The second kappa shape index (κ2) is 5.69. The third-order valence-corrected chi connectivity index (χ3v) is 6.34. The van der Waals surface area contributed by atoms with Crippen molar-refractivity contribution in [2.24, 2.45) is 17.8 Å². The summed E-state index contributed by atoms with van der Waals surface area (Å²) in [5.74, 6) is 2.62. The van der Waals surface area contributed by atoms with Gasteiger partial charge in [0.15, 0.2) is 0 Å². The number of rotatable bonds is 3. The van der Waals surface area contributed by atoms with Crippen LogP contribution in [0.3, 0.4) is 0 Å². The molecule has 1 N–H and O–H groups in total. The van der Waals surface area contributed by atoms with Crippen LogP contribution in [0, 0.1) is 17.8 Å². The molecule has 1 amide bonds. The van der Waals surface area contributed by atoms with Crippen LogP contribution in [0.1, 0.15) is 43.4 Å². The van der Waals surface area contributed by atoms with Crippen LogP contribution in [0.5, 0.6) is 0 Å². The number of fused-ring (bicyclic) bond motifs is 2. The molecule has 6 heteroatoms. The summed E-state index contributed by atoms with van der Waals surface area (Å²) in [6.07, 6.45) is 7.58. The van der Waals surface area contributed by atoms with Crippen molar-refractivity contribution in [2.75, 3.05) is 18.0 Å². The van der Waals surface area contributed by atoms with E-state index in [4.69, 9.17) is 4.74 Å². The highest BCUT2D eigenvalue weighted by Gasteiger charge is 2.48. The number of amides is 1. The first kappa shape index (κ1) is 14.6. The Bertz CT molecular complexity index is 658. The lowest BCUT2D eigenvalue weighted by atomic mass is 9.71. The molecule has 2 aliphatic heterocycles. The van der Waals surface area contributed by atoms with Gasteiger partial charge in [0.05, 0.1) is 18.9 Å². The van der Waals surface area contributed by atoms with Gasteiger partial charge in [0.25, 0.3) is 0 Å². The molecule has 3 fully saturated rings. The van der Waals surface area contributed by atoms with E-state index in [9.17, 15) is 4.79 Å². The molecule has 5 rings (SSSR count). The number of nitrogens with one attached hydrogen (secondary N) is 1. The first-order valence-corrected chi connectivity index (χ1v) is 9.26. The maximum atomic E-state index is 12.4. The first-order valence-electron chi connectivity index (χ1n) is 9.26. The zero-order valence-electron chi connectivity index (χ0n) is 13.9. The molecule has 1 aromatic rings. The van der Waals surface area contributed by atoms with Gasteiger partial charge in [-0.05, 0) is 25.2 Å². The Balaban J connectivity index is 1.22. The third-order valence-electron chi connectivity index (χ3n) is 6.34. The summed E-state index contributed by atoms with van der Waals surface area (Å²) >= 11 is 0. The van der Waals surface area contributed by atoms with E-state index in [1.54, 1.807) is 0 Å². The van der Waals surface area contributed by atoms with Gasteiger partial charge < -0.3 is 15.0 Å². The Hall–Kier alpha value is -1.69. The molecule has 3 unspecified atom stereocenters. The Morgan fingerprint density at radius 3 is 3.00 bits per heavy atom. The first-order chi connectivity index (χ1) is 11.8. The molecule has 2 aliphatic carbocycles. The van der Waals surface area contributed by atoms with Gasteiger partial charge in [-0.15, -0.1) is 0 Å². The maximum Gasteiger partial charge on any atom is 0.225 e. The predicted molar refractivity (Wildman–Crippen MR) is 88.2 cm³/mol. The monoisotopic (exact) mass is 328 g/mol. The predicted octanol–water partition coefficient (Wildman–Crippen LogP) is 1.64. The Morgan fingerprint density at radius 1 is 1.25 bits per heavy atom. The molecular formula is C18H24N4O2. The van der Waals surface area contributed by atoms with Crippen LogP contribution in [0.25, 0.3) is 0 Å². The SMILES string of the molecule is O=C(NC1CC2CN(c3ncc4c(n3)COC4)CC21)C1CCCC1. The molecule has 1 saturated heterocycles. The minimum Gasteiger partial charge on any atom is -0.370 e. The number of nitrogens with zero attached hydrogens (tertiary/aromatic N) is 3. The summed E-state index contributed by atoms with van der Waals surface area (Å²) in [6.45, 7) is 3.21. The highest BCUT2D eigenvalue weighted by Crippen LogP contribution is 2.42. The van der Waals surface area contributed by atoms with E-state index in [0.717, 1.165) is 49.6 Å². The second-order valence-corrected chi connectivity index (χ2v) is 7.80.